The van der Waals surface area contributed by atoms with E-state index in [2.05, 4.69) is 4.90 Å². The number of rotatable bonds is 4. The molecule has 4 rings (SSSR count). The minimum absolute atomic E-state index is 0.0808. The maximum Gasteiger partial charge on any atom is 0.416 e. The average molecular weight is 496 g/mol. The number of nitrogens with zero attached hydrogens (tertiary/aromatic N) is 3. The van der Waals surface area contributed by atoms with E-state index < -0.39 is 11.7 Å². The van der Waals surface area contributed by atoms with E-state index in [1.807, 2.05) is 0 Å². The largest absolute Gasteiger partial charge is 0.416 e. The second-order valence-corrected chi connectivity index (χ2v) is 8.86. The molecule has 34 heavy (non-hydrogen) atoms. The van der Waals surface area contributed by atoms with Crippen molar-refractivity contribution in [2.75, 3.05) is 52.4 Å². The summed E-state index contributed by atoms with van der Waals surface area (Å²) in [6.45, 7) is 4.23. The third kappa shape index (κ3) is 5.89. The Morgan fingerprint density at radius 1 is 0.912 bits per heavy atom. The van der Waals surface area contributed by atoms with E-state index in [-0.39, 0.29) is 23.5 Å². The fourth-order valence-corrected chi connectivity index (χ4v) is 4.41. The summed E-state index contributed by atoms with van der Waals surface area (Å²) >= 11 is 6.01. The highest BCUT2D eigenvalue weighted by Gasteiger charge is 2.31. The quantitative estimate of drug-likeness (QED) is 0.649. The number of benzene rings is 2. The molecule has 2 amide bonds. The second kappa shape index (κ2) is 10.3. The van der Waals surface area contributed by atoms with Crippen molar-refractivity contribution >= 4 is 23.4 Å². The van der Waals surface area contributed by atoms with Crippen LogP contribution in [0.1, 0.15) is 26.3 Å². The standard InChI is InChI=1S/C24H25ClF3N3O3/c25-20-3-1-2-18(14-20)23(33)31-12-13-34-21(16-31)15-29-8-10-30(11-9-29)22(32)17-4-6-19(7-5-17)24(26,27)28/h1-7,14,21H,8-13,15-16H2. The molecule has 10 heteroatoms. The molecule has 0 aromatic heterocycles. The van der Waals surface area contributed by atoms with Gasteiger partial charge in [0.1, 0.15) is 0 Å². The summed E-state index contributed by atoms with van der Waals surface area (Å²) in [7, 11) is 0. The average Bonchev–Trinajstić information content (AvgIpc) is 2.83. The first-order valence-electron chi connectivity index (χ1n) is 11.1. The van der Waals surface area contributed by atoms with Crippen LogP contribution in [0, 0.1) is 0 Å². The summed E-state index contributed by atoms with van der Waals surface area (Å²) in [5, 5.41) is 0.513. The molecule has 2 heterocycles. The number of hydrogen-bond donors (Lipinski definition) is 0. The first-order chi connectivity index (χ1) is 16.2. The van der Waals surface area contributed by atoms with Crippen molar-refractivity contribution < 1.29 is 27.5 Å². The zero-order valence-corrected chi connectivity index (χ0v) is 19.2. The van der Waals surface area contributed by atoms with Crippen LogP contribution in [0.5, 0.6) is 0 Å². The number of halogens is 4. The Labute approximate surface area is 200 Å². The van der Waals surface area contributed by atoms with Crippen molar-refractivity contribution in [1.29, 1.82) is 0 Å². The molecular formula is C24H25ClF3N3O3. The fraction of sp³-hybridized carbons (Fsp3) is 0.417. The molecule has 6 nitrogen and oxygen atoms in total. The predicted octanol–water partition coefficient (Wildman–Crippen LogP) is 3.66. The van der Waals surface area contributed by atoms with Gasteiger partial charge in [0, 0.05) is 62.0 Å². The van der Waals surface area contributed by atoms with Gasteiger partial charge in [0.15, 0.2) is 0 Å². The summed E-state index contributed by atoms with van der Waals surface area (Å²) in [6, 6.07) is 11.2. The van der Waals surface area contributed by atoms with Gasteiger partial charge in [0.05, 0.1) is 18.3 Å². The number of morpholine rings is 1. The van der Waals surface area contributed by atoms with Crippen LogP contribution < -0.4 is 0 Å². The van der Waals surface area contributed by atoms with Crippen LogP contribution in [0.4, 0.5) is 13.2 Å². The highest BCUT2D eigenvalue weighted by molar-refractivity contribution is 6.30. The SMILES string of the molecule is O=C(c1ccc(C(F)(F)F)cc1)N1CCN(CC2CN(C(=O)c3cccc(Cl)c3)CCO2)CC1. The lowest BCUT2D eigenvalue weighted by Gasteiger charge is -2.39. The van der Waals surface area contributed by atoms with Gasteiger partial charge in [-0.25, -0.2) is 0 Å². The van der Waals surface area contributed by atoms with Crippen LogP contribution in [-0.4, -0.2) is 85.0 Å². The second-order valence-electron chi connectivity index (χ2n) is 8.42. The lowest BCUT2D eigenvalue weighted by molar-refractivity contribution is -0.137. The first-order valence-corrected chi connectivity index (χ1v) is 11.4. The molecule has 1 atom stereocenters. The molecule has 0 aliphatic carbocycles. The summed E-state index contributed by atoms with van der Waals surface area (Å²) in [5.74, 6) is -0.358. The molecule has 2 saturated heterocycles. The summed E-state index contributed by atoms with van der Waals surface area (Å²) in [5.41, 5.74) is 0.0139. The Balaban J connectivity index is 1.27. The van der Waals surface area contributed by atoms with Crippen LogP contribution in [0.15, 0.2) is 48.5 Å². The predicted molar refractivity (Wildman–Crippen MR) is 121 cm³/mol. The lowest BCUT2D eigenvalue weighted by atomic mass is 10.1. The minimum atomic E-state index is -4.43. The third-order valence-electron chi connectivity index (χ3n) is 6.08. The zero-order valence-electron chi connectivity index (χ0n) is 18.4. The molecule has 1 unspecified atom stereocenters. The van der Waals surface area contributed by atoms with E-state index >= 15 is 0 Å². The molecule has 0 saturated carbocycles. The van der Waals surface area contributed by atoms with Crippen molar-refractivity contribution in [3.63, 3.8) is 0 Å². The van der Waals surface area contributed by atoms with Gasteiger partial charge in [-0.3, -0.25) is 14.5 Å². The van der Waals surface area contributed by atoms with Gasteiger partial charge >= 0.3 is 6.18 Å². The Morgan fingerprint density at radius 3 is 2.24 bits per heavy atom. The highest BCUT2D eigenvalue weighted by atomic mass is 35.5. The van der Waals surface area contributed by atoms with Crippen molar-refractivity contribution in [2.45, 2.75) is 12.3 Å². The Kier molecular flexibility index (Phi) is 7.45. The Morgan fingerprint density at radius 2 is 1.59 bits per heavy atom. The summed E-state index contributed by atoms with van der Waals surface area (Å²) in [4.78, 5) is 31.1. The van der Waals surface area contributed by atoms with Crippen LogP contribution in [0.25, 0.3) is 0 Å². The number of carbonyl (C=O) groups excluding carboxylic acids is 2. The van der Waals surface area contributed by atoms with Crippen LogP contribution in [0.3, 0.4) is 0 Å². The van der Waals surface area contributed by atoms with Crippen molar-refractivity contribution in [2.24, 2.45) is 0 Å². The zero-order chi connectivity index (χ0) is 24.3. The van der Waals surface area contributed by atoms with E-state index in [1.54, 1.807) is 34.1 Å². The van der Waals surface area contributed by atoms with Gasteiger partial charge in [-0.2, -0.15) is 13.2 Å². The number of amides is 2. The van der Waals surface area contributed by atoms with Crippen molar-refractivity contribution in [3.8, 4) is 0 Å². The van der Waals surface area contributed by atoms with Crippen LogP contribution in [0.2, 0.25) is 5.02 Å². The van der Waals surface area contributed by atoms with E-state index in [1.165, 1.54) is 12.1 Å². The van der Waals surface area contributed by atoms with Crippen molar-refractivity contribution in [1.82, 2.24) is 14.7 Å². The third-order valence-corrected chi connectivity index (χ3v) is 6.31. The van der Waals surface area contributed by atoms with Gasteiger partial charge in [-0.15, -0.1) is 0 Å². The van der Waals surface area contributed by atoms with E-state index in [9.17, 15) is 22.8 Å². The molecule has 2 aromatic rings. The molecule has 0 bridgehead atoms. The Hall–Kier alpha value is -2.62. The van der Waals surface area contributed by atoms with Crippen molar-refractivity contribution in [3.05, 3.63) is 70.2 Å². The molecule has 2 aromatic carbocycles. The molecule has 0 spiro atoms. The molecule has 2 aliphatic heterocycles. The molecular weight excluding hydrogens is 471 g/mol. The number of hydrogen-bond acceptors (Lipinski definition) is 4. The molecule has 2 fully saturated rings. The number of alkyl halides is 3. The van der Waals surface area contributed by atoms with Crippen LogP contribution in [-0.2, 0) is 10.9 Å². The normalized spacial score (nSPS) is 19.8. The molecule has 182 valence electrons. The number of carbonyl (C=O) groups is 2. The summed E-state index contributed by atoms with van der Waals surface area (Å²) in [6.07, 6.45) is -4.57. The molecule has 0 radical (unpaired) electrons. The number of piperazine rings is 1. The smallest absolute Gasteiger partial charge is 0.373 e. The monoisotopic (exact) mass is 495 g/mol. The van der Waals surface area contributed by atoms with Gasteiger partial charge in [-0.05, 0) is 42.5 Å². The molecule has 2 aliphatic rings. The Bertz CT molecular complexity index is 1020. The van der Waals surface area contributed by atoms with Gasteiger partial charge < -0.3 is 14.5 Å². The fourth-order valence-electron chi connectivity index (χ4n) is 4.22. The van der Waals surface area contributed by atoms with E-state index in [4.69, 9.17) is 16.3 Å². The molecule has 0 N–H and O–H groups in total. The van der Waals surface area contributed by atoms with Crippen LogP contribution >= 0.6 is 11.6 Å². The maximum absolute atomic E-state index is 12.8. The van der Waals surface area contributed by atoms with Gasteiger partial charge in [-0.1, -0.05) is 17.7 Å². The summed E-state index contributed by atoms with van der Waals surface area (Å²) < 4.78 is 44.1. The van der Waals surface area contributed by atoms with E-state index in [0.717, 1.165) is 12.1 Å². The minimum Gasteiger partial charge on any atom is -0.373 e. The lowest BCUT2D eigenvalue weighted by Crippen LogP contribution is -2.54. The number of ether oxygens (including phenoxy) is 1. The van der Waals surface area contributed by atoms with Gasteiger partial charge in [0.2, 0.25) is 0 Å². The van der Waals surface area contributed by atoms with Gasteiger partial charge in [0.25, 0.3) is 11.8 Å². The highest BCUT2D eigenvalue weighted by Crippen LogP contribution is 2.29. The maximum atomic E-state index is 12.8. The van der Waals surface area contributed by atoms with E-state index in [0.29, 0.717) is 63.0 Å². The topological polar surface area (TPSA) is 53.1 Å². The first kappa shape index (κ1) is 24.5.